The summed E-state index contributed by atoms with van der Waals surface area (Å²) in [6.07, 6.45) is -2.48. The average molecular weight is 290 g/mol. The number of amides is 1. The maximum absolute atomic E-state index is 12.5. The van der Waals surface area contributed by atoms with Crippen LogP contribution >= 0.6 is 0 Å². The van der Waals surface area contributed by atoms with Crippen LogP contribution in [0.15, 0.2) is 0 Å². The first-order valence-corrected chi connectivity index (χ1v) is 6.54. The number of halogens is 3. The molecule has 20 heavy (non-hydrogen) atoms. The highest BCUT2D eigenvalue weighted by Gasteiger charge is 2.35. The third kappa shape index (κ3) is 3.94. The molecule has 8 heteroatoms. The van der Waals surface area contributed by atoms with Crippen molar-refractivity contribution in [1.82, 2.24) is 20.1 Å². The number of H-pyrrole nitrogens is 1. The van der Waals surface area contributed by atoms with Crippen LogP contribution in [0.3, 0.4) is 0 Å². The van der Waals surface area contributed by atoms with Crippen molar-refractivity contribution in [2.75, 3.05) is 13.1 Å². The minimum Gasteiger partial charge on any atom is -0.327 e. The van der Waals surface area contributed by atoms with Gasteiger partial charge >= 0.3 is 6.18 Å². The fourth-order valence-corrected chi connectivity index (χ4v) is 1.93. The number of hydrogen-bond acceptors (Lipinski definition) is 3. The lowest BCUT2D eigenvalue weighted by Gasteiger charge is -2.24. The third-order valence-electron chi connectivity index (χ3n) is 2.90. The van der Waals surface area contributed by atoms with E-state index in [0.29, 0.717) is 5.82 Å². The minimum atomic E-state index is -4.43. The molecular formula is C12H17F3N4O. The molecule has 1 aromatic rings. The van der Waals surface area contributed by atoms with E-state index in [9.17, 15) is 18.0 Å². The second-order valence-corrected chi connectivity index (χ2v) is 5.51. The minimum absolute atomic E-state index is 0.0195. The van der Waals surface area contributed by atoms with E-state index in [1.54, 1.807) is 13.8 Å². The molecule has 0 saturated heterocycles. The molecule has 1 aromatic heterocycles. The zero-order valence-electron chi connectivity index (χ0n) is 11.4. The summed E-state index contributed by atoms with van der Waals surface area (Å²) in [7, 11) is 0. The molecule has 1 aliphatic carbocycles. The molecule has 0 spiro atoms. The molecular weight excluding hydrogens is 273 g/mol. The van der Waals surface area contributed by atoms with Gasteiger partial charge in [0.25, 0.3) is 5.91 Å². The molecule has 0 atom stereocenters. The Balaban J connectivity index is 2.11. The van der Waals surface area contributed by atoms with Crippen molar-refractivity contribution >= 4 is 5.91 Å². The number of nitrogens with zero attached hydrogens (tertiary/aromatic N) is 3. The molecule has 112 valence electrons. The summed E-state index contributed by atoms with van der Waals surface area (Å²) in [5.74, 6) is -0.172. The Kier molecular flexibility index (Phi) is 4.01. The number of hydrogen-bond donors (Lipinski definition) is 1. The van der Waals surface area contributed by atoms with Crippen LogP contribution in [0.2, 0.25) is 0 Å². The number of aromatic amines is 1. The summed E-state index contributed by atoms with van der Waals surface area (Å²) in [6, 6.07) is 0. The van der Waals surface area contributed by atoms with Crippen molar-refractivity contribution in [1.29, 1.82) is 0 Å². The molecule has 0 bridgehead atoms. The first-order valence-electron chi connectivity index (χ1n) is 6.54. The van der Waals surface area contributed by atoms with E-state index in [1.807, 2.05) is 0 Å². The van der Waals surface area contributed by atoms with Crippen LogP contribution in [-0.4, -0.2) is 45.3 Å². The average Bonchev–Trinajstić information content (AvgIpc) is 3.03. The molecule has 0 radical (unpaired) electrons. The lowest BCUT2D eigenvalue weighted by atomic mass is 10.2. The smallest absolute Gasteiger partial charge is 0.327 e. The van der Waals surface area contributed by atoms with Gasteiger partial charge in [0.15, 0.2) is 0 Å². The number of carbonyl (C=O) groups is 1. The zero-order chi connectivity index (χ0) is 14.9. The predicted octanol–water partition coefficient (Wildman–Crippen LogP) is 2.34. The standard InChI is InChI=1S/C12H17F3N4O/c1-7(2)5-19(6-12(13,14)15)11(20)10-16-9(17-18-10)8-3-4-8/h7-8H,3-6H2,1-2H3,(H,16,17,18). The fourth-order valence-electron chi connectivity index (χ4n) is 1.93. The number of nitrogens with one attached hydrogen (secondary N) is 1. The van der Waals surface area contributed by atoms with E-state index < -0.39 is 18.6 Å². The molecule has 1 fully saturated rings. The number of rotatable bonds is 5. The predicted molar refractivity (Wildman–Crippen MR) is 65.2 cm³/mol. The van der Waals surface area contributed by atoms with Crippen LogP contribution in [0.25, 0.3) is 0 Å². The van der Waals surface area contributed by atoms with Crippen molar-refractivity contribution in [2.45, 2.75) is 38.8 Å². The second kappa shape index (κ2) is 5.41. The topological polar surface area (TPSA) is 61.9 Å². The van der Waals surface area contributed by atoms with Gasteiger partial charge in [-0.3, -0.25) is 9.89 Å². The number of carbonyl (C=O) groups excluding carboxylic acids is 1. The number of aromatic nitrogens is 3. The van der Waals surface area contributed by atoms with E-state index in [4.69, 9.17) is 0 Å². The SMILES string of the molecule is CC(C)CN(CC(F)(F)F)C(=O)c1n[nH]c(C2CC2)n1. The summed E-state index contributed by atoms with van der Waals surface area (Å²) in [5, 5.41) is 6.37. The fraction of sp³-hybridized carbons (Fsp3) is 0.750. The van der Waals surface area contributed by atoms with Crippen LogP contribution in [-0.2, 0) is 0 Å². The Morgan fingerprint density at radius 3 is 2.60 bits per heavy atom. The Morgan fingerprint density at radius 2 is 2.10 bits per heavy atom. The zero-order valence-corrected chi connectivity index (χ0v) is 11.4. The normalized spacial score (nSPS) is 15.7. The molecule has 0 unspecified atom stereocenters. The van der Waals surface area contributed by atoms with Gasteiger partial charge in [0, 0.05) is 12.5 Å². The highest BCUT2D eigenvalue weighted by atomic mass is 19.4. The van der Waals surface area contributed by atoms with Crippen molar-refractivity contribution < 1.29 is 18.0 Å². The van der Waals surface area contributed by atoms with Gasteiger partial charge in [0.2, 0.25) is 5.82 Å². The Bertz CT molecular complexity index is 479. The van der Waals surface area contributed by atoms with Crippen LogP contribution in [0, 0.1) is 5.92 Å². The summed E-state index contributed by atoms with van der Waals surface area (Å²) < 4.78 is 37.6. The van der Waals surface area contributed by atoms with Gasteiger partial charge in [0.05, 0.1) is 0 Å². The van der Waals surface area contributed by atoms with Gasteiger partial charge in [-0.1, -0.05) is 13.8 Å². The molecule has 1 heterocycles. The summed E-state index contributed by atoms with van der Waals surface area (Å²) in [6.45, 7) is 2.25. The number of alkyl halides is 3. The maximum Gasteiger partial charge on any atom is 0.406 e. The maximum atomic E-state index is 12.5. The van der Waals surface area contributed by atoms with Crippen LogP contribution < -0.4 is 0 Å². The molecule has 1 amide bonds. The van der Waals surface area contributed by atoms with Gasteiger partial charge in [-0.2, -0.15) is 13.2 Å². The Labute approximate surface area is 114 Å². The van der Waals surface area contributed by atoms with Crippen LogP contribution in [0.1, 0.15) is 49.1 Å². The van der Waals surface area contributed by atoms with Gasteiger partial charge in [-0.25, -0.2) is 4.98 Å². The summed E-state index contributed by atoms with van der Waals surface area (Å²) >= 11 is 0. The van der Waals surface area contributed by atoms with Gasteiger partial charge in [-0.05, 0) is 18.8 Å². The molecule has 2 rings (SSSR count). The lowest BCUT2D eigenvalue weighted by Crippen LogP contribution is -2.41. The van der Waals surface area contributed by atoms with E-state index in [0.717, 1.165) is 17.7 Å². The van der Waals surface area contributed by atoms with Crippen molar-refractivity contribution in [3.05, 3.63) is 11.6 Å². The molecule has 0 aliphatic heterocycles. The Hall–Kier alpha value is -1.60. The Morgan fingerprint density at radius 1 is 1.45 bits per heavy atom. The van der Waals surface area contributed by atoms with Gasteiger partial charge in [-0.15, -0.1) is 5.10 Å². The van der Waals surface area contributed by atoms with E-state index in [1.165, 1.54) is 0 Å². The first-order chi connectivity index (χ1) is 9.26. The van der Waals surface area contributed by atoms with Crippen LogP contribution in [0.4, 0.5) is 13.2 Å². The van der Waals surface area contributed by atoms with Gasteiger partial charge < -0.3 is 4.90 Å². The molecule has 1 saturated carbocycles. The molecule has 0 aromatic carbocycles. The molecule has 5 nitrogen and oxygen atoms in total. The molecule has 1 aliphatic rings. The van der Waals surface area contributed by atoms with Crippen molar-refractivity contribution in [2.24, 2.45) is 5.92 Å². The molecule has 1 N–H and O–H groups in total. The quantitative estimate of drug-likeness (QED) is 0.905. The van der Waals surface area contributed by atoms with Gasteiger partial charge in [0.1, 0.15) is 12.4 Å². The second-order valence-electron chi connectivity index (χ2n) is 5.51. The van der Waals surface area contributed by atoms with E-state index in [-0.39, 0.29) is 24.2 Å². The third-order valence-corrected chi connectivity index (χ3v) is 2.90. The van der Waals surface area contributed by atoms with Crippen molar-refractivity contribution in [3.8, 4) is 0 Å². The lowest BCUT2D eigenvalue weighted by molar-refractivity contribution is -0.141. The largest absolute Gasteiger partial charge is 0.406 e. The van der Waals surface area contributed by atoms with Crippen LogP contribution in [0.5, 0.6) is 0 Å². The summed E-state index contributed by atoms with van der Waals surface area (Å²) in [4.78, 5) is 16.9. The van der Waals surface area contributed by atoms with E-state index in [2.05, 4.69) is 15.2 Å². The first kappa shape index (κ1) is 14.8. The highest BCUT2D eigenvalue weighted by molar-refractivity contribution is 5.90. The summed E-state index contributed by atoms with van der Waals surface area (Å²) in [5.41, 5.74) is 0. The monoisotopic (exact) mass is 290 g/mol. The van der Waals surface area contributed by atoms with E-state index >= 15 is 0 Å². The highest BCUT2D eigenvalue weighted by Crippen LogP contribution is 2.37. The van der Waals surface area contributed by atoms with Crippen molar-refractivity contribution in [3.63, 3.8) is 0 Å².